The van der Waals surface area contributed by atoms with Crippen LogP contribution in [0.2, 0.25) is 0 Å². The number of rotatable bonds is 0. The van der Waals surface area contributed by atoms with Crippen molar-refractivity contribution in [1.82, 2.24) is 0 Å². The minimum atomic E-state index is -4.61. The summed E-state index contributed by atoms with van der Waals surface area (Å²) in [5.74, 6) is 0. The molecular weight excluding hydrogens is 393 g/mol. The quantitative estimate of drug-likeness (QED) is 0.185. The molecule has 0 heterocycles. The van der Waals surface area contributed by atoms with Crippen molar-refractivity contribution in [3.05, 3.63) is 0 Å². The fourth-order valence-corrected chi connectivity index (χ4v) is 0. The summed E-state index contributed by atoms with van der Waals surface area (Å²) in [7, 11) is -9.22. The van der Waals surface area contributed by atoms with Gasteiger partial charge in [0.25, 0.3) is 0 Å². The SMILES string of the molecule is O[Si](O)(O)O.O[Si](O)(O)O.[BiH3]. The molecule has 0 aromatic carbocycles. The van der Waals surface area contributed by atoms with Crippen molar-refractivity contribution in [2.75, 3.05) is 0 Å². The topological polar surface area (TPSA) is 162 Å². The van der Waals surface area contributed by atoms with Crippen LogP contribution in [0.25, 0.3) is 0 Å². The van der Waals surface area contributed by atoms with E-state index in [9.17, 15) is 0 Å². The van der Waals surface area contributed by atoms with Gasteiger partial charge in [0, 0.05) is 0 Å². The standard InChI is InChI=1S/Bi.2H4O4Si.3H/c;2*1-5(2,3)4;;;/h;2*1-4H;;;. The van der Waals surface area contributed by atoms with E-state index in [1.165, 1.54) is 0 Å². The normalized spacial score (nSPS) is 10.9. The molecular formula is H11BiO8Si2. The Balaban J connectivity index is -0.000000107. The van der Waals surface area contributed by atoms with Gasteiger partial charge in [-0.1, -0.05) is 0 Å². The Morgan fingerprint density at radius 1 is 0.455 bits per heavy atom. The van der Waals surface area contributed by atoms with Crippen molar-refractivity contribution in [3.8, 4) is 0 Å². The summed E-state index contributed by atoms with van der Waals surface area (Å²) in [6, 6.07) is 0. The molecule has 0 amide bonds. The predicted molar refractivity (Wildman–Crippen MR) is 39.2 cm³/mol. The predicted octanol–water partition coefficient (Wildman–Crippen LogP) is -6.40. The third kappa shape index (κ3) is 896. The Hall–Kier alpha value is 0.997. The molecule has 0 aromatic rings. The van der Waals surface area contributed by atoms with Crippen LogP contribution in [0, 0.1) is 0 Å². The van der Waals surface area contributed by atoms with Crippen LogP contribution in [0.4, 0.5) is 0 Å². The van der Waals surface area contributed by atoms with E-state index in [0.717, 1.165) is 0 Å². The van der Waals surface area contributed by atoms with E-state index in [-0.39, 0.29) is 26.2 Å². The number of hydrogen-bond donors (Lipinski definition) is 8. The molecule has 8 nitrogen and oxygen atoms in total. The molecule has 11 heteroatoms. The van der Waals surface area contributed by atoms with Gasteiger partial charge in [-0.2, -0.15) is 0 Å². The van der Waals surface area contributed by atoms with Crippen molar-refractivity contribution in [2.24, 2.45) is 0 Å². The maximum absolute atomic E-state index is 7.33. The van der Waals surface area contributed by atoms with Crippen molar-refractivity contribution < 1.29 is 38.4 Å². The molecule has 0 atom stereocenters. The third-order valence-electron chi connectivity index (χ3n) is 0. The van der Waals surface area contributed by atoms with E-state index < -0.39 is 18.1 Å². The molecule has 0 rings (SSSR count). The second-order valence-electron chi connectivity index (χ2n) is 1.20. The van der Waals surface area contributed by atoms with Crippen molar-refractivity contribution >= 4 is 44.3 Å². The molecule has 0 aromatic heterocycles. The average Bonchev–Trinajstić information content (AvgIpc) is 1.12. The van der Waals surface area contributed by atoms with Gasteiger partial charge in [-0.3, -0.25) is 0 Å². The van der Waals surface area contributed by atoms with E-state index in [0.29, 0.717) is 0 Å². The Morgan fingerprint density at radius 3 is 0.455 bits per heavy atom. The fourth-order valence-electron chi connectivity index (χ4n) is 0. The summed E-state index contributed by atoms with van der Waals surface area (Å²) in [4.78, 5) is 58.6. The number of hydrogen-bond acceptors (Lipinski definition) is 8. The van der Waals surface area contributed by atoms with Crippen molar-refractivity contribution in [3.63, 3.8) is 0 Å². The Labute approximate surface area is 82.7 Å². The van der Waals surface area contributed by atoms with Gasteiger partial charge >= 0.3 is 44.3 Å². The van der Waals surface area contributed by atoms with Crippen LogP contribution in [-0.2, 0) is 0 Å². The molecule has 0 saturated heterocycles. The van der Waals surface area contributed by atoms with Gasteiger partial charge in [-0.15, -0.1) is 0 Å². The minimum absolute atomic E-state index is 0. The van der Waals surface area contributed by atoms with Crippen LogP contribution in [0.3, 0.4) is 0 Å². The third-order valence-corrected chi connectivity index (χ3v) is 0. The summed E-state index contributed by atoms with van der Waals surface area (Å²) in [5, 5.41) is 0. The zero-order valence-electron chi connectivity index (χ0n) is 5.28. The van der Waals surface area contributed by atoms with Crippen LogP contribution >= 0.6 is 0 Å². The first kappa shape index (κ1) is 17.9. The molecule has 0 aliphatic rings. The Morgan fingerprint density at radius 2 is 0.455 bits per heavy atom. The first-order valence-electron chi connectivity index (χ1n) is 1.79. The molecule has 72 valence electrons. The van der Waals surface area contributed by atoms with Crippen LogP contribution in [0.1, 0.15) is 0 Å². The molecule has 0 aliphatic heterocycles. The van der Waals surface area contributed by atoms with E-state index in [1.54, 1.807) is 0 Å². The summed E-state index contributed by atoms with van der Waals surface area (Å²) < 4.78 is 0. The second-order valence-corrected chi connectivity index (χ2v) is 3.60. The molecule has 0 spiro atoms. The molecule has 0 unspecified atom stereocenters. The van der Waals surface area contributed by atoms with Gasteiger partial charge in [0.05, 0.1) is 0 Å². The van der Waals surface area contributed by atoms with E-state index in [2.05, 4.69) is 0 Å². The van der Waals surface area contributed by atoms with Crippen LogP contribution in [-0.4, -0.2) is 82.7 Å². The summed E-state index contributed by atoms with van der Waals surface area (Å²) in [6.45, 7) is 0. The van der Waals surface area contributed by atoms with Gasteiger partial charge in [0.15, 0.2) is 0 Å². The monoisotopic (exact) mass is 404 g/mol. The van der Waals surface area contributed by atoms with E-state index in [1.807, 2.05) is 0 Å². The van der Waals surface area contributed by atoms with Gasteiger partial charge in [-0.05, 0) is 0 Å². The molecule has 0 saturated carbocycles. The molecule has 0 radical (unpaired) electrons. The molecule has 0 aliphatic carbocycles. The molecule has 11 heavy (non-hydrogen) atoms. The molecule has 8 N–H and O–H groups in total. The zero-order chi connectivity index (χ0) is 9.00. The van der Waals surface area contributed by atoms with Gasteiger partial charge in [0.1, 0.15) is 0 Å². The fraction of sp³-hybridized carbons (Fsp3) is 0. The summed E-state index contributed by atoms with van der Waals surface area (Å²) >= 11 is 0. The Bertz CT molecular complexity index is 55.1. The van der Waals surface area contributed by atoms with E-state index in [4.69, 9.17) is 38.4 Å². The second kappa shape index (κ2) is 6.51. The Kier molecular flexibility index (Phi) is 10.6. The van der Waals surface area contributed by atoms with Crippen LogP contribution in [0.15, 0.2) is 0 Å². The molecule has 0 fully saturated rings. The average molecular weight is 404 g/mol. The summed E-state index contributed by atoms with van der Waals surface area (Å²) in [6.07, 6.45) is 0. The van der Waals surface area contributed by atoms with Crippen LogP contribution in [0.5, 0.6) is 0 Å². The van der Waals surface area contributed by atoms with Crippen molar-refractivity contribution in [2.45, 2.75) is 0 Å². The van der Waals surface area contributed by atoms with Crippen LogP contribution < -0.4 is 0 Å². The first-order chi connectivity index (χ1) is 4.00. The molecule has 0 bridgehead atoms. The first-order valence-corrected chi connectivity index (χ1v) is 5.37. The van der Waals surface area contributed by atoms with Gasteiger partial charge in [0.2, 0.25) is 0 Å². The maximum atomic E-state index is 7.33. The van der Waals surface area contributed by atoms with Gasteiger partial charge < -0.3 is 38.4 Å². The zero-order valence-corrected chi connectivity index (χ0v) is 12.8. The van der Waals surface area contributed by atoms with Crippen molar-refractivity contribution in [1.29, 1.82) is 0 Å². The van der Waals surface area contributed by atoms with Gasteiger partial charge in [-0.25, -0.2) is 0 Å². The summed E-state index contributed by atoms with van der Waals surface area (Å²) in [5.41, 5.74) is 0. The van der Waals surface area contributed by atoms with E-state index >= 15 is 0 Å².